The van der Waals surface area contributed by atoms with Gasteiger partial charge in [-0.1, -0.05) is 12.0 Å². The summed E-state index contributed by atoms with van der Waals surface area (Å²) in [6.45, 7) is 5.12. The number of hydrogen-bond acceptors (Lipinski definition) is 5. The largest absolute Gasteiger partial charge is 0.435 e. The van der Waals surface area contributed by atoms with Gasteiger partial charge in [-0.25, -0.2) is 9.67 Å². The molecule has 184 valence electrons. The minimum Gasteiger partial charge on any atom is -0.350 e. The number of aryl methyl sites for hydroxylation is 1. The number of carbonyl (C=O) groups excluding carboxylic acids is 2. The normalized spacial score (nSPS) is 11.5. The molecule has 12 heteroatoms. The molecular formula is C24H20F3N7O2. The van der Waals surface area contributed by atoms with E-state index in [1.807, 2.05) is 0 Å². The Morgan fingerprint density at radius 1 is 1.22 bits per heavy atom. The fourth-order valence-electron chi connectivity index (χ4n) is 3.62. The molecule has 0 spiro atoms. The molecule has 0 radical (unpaired) electrons. The summed E-state index contributed by atoms with van der Waals surface area (Å²) in [4.78, 5) is 30.6. The second kappa shape index (κ2) is 9.18. The Morgan fingerprint density at radius 3 is 2.61 bits per heavy atom. The molecule has 0 bridgehead atoms. The average Bonchev–Trinajstić information content (AvgIpc) is 3.45. The van der Waals surface area contributed by atoms with Crippen molar-refractivity contribution >= 4 is 28.4 Å². The van der Waals surface area contributed by atoms with E-state index in [0.717, 1.165) is 4.68 Å². The van der Waals surface area contributed by atoms with Crippen LogP contribution in [-0.2, 0) is 6.18 Å². The van der Waals surface area contributed by atoms with Crippen molar-refractivity contribution < 1.29 is 22.8 Å². The van der Waals surface area contributed by atoms with Crippen LogP contribution in [0.15, 0.2) is 36.7 Å². The third-order valence-electron chi connectivity index (χ3n) is 5.19. The van der Waals surface area contributed by atoms with Crippen LogP contribution < -0.4 is 10.6 Å². The predicted octanol–water partition coefficient (Wildman–Crippen LogP) is 3.84. The Morgan fingerprint density at radius 2 is 1.97 bits per heavy atom. The Labute approximate surface area is 203 Å². The number of anilines is 1. The summed E-state index contributed by atoms with van der Waals surface area (Å²) < 4.78 is 41.4. The zero-order valence-electron chi connectivity index (χ0n) is 19.4. The third kappa shape index (κ3) is 4.50. The molecule has 4 rings (SSSR count). The highest BCUT2D eigenvalue weighted by atomic mass is 19.4. The highest BCUT2D eigenvalue weighted by Gasteiger charge is 2.37. The van der Waals surface area contributed by atoms with E-state index in [4.69, 9.17) is 6.42 Å². The van der Waals surface area contributed by atoms with E-state index in [1.165, 1.54) is 18.5 Å². The Balaban J connectivity index is 1.88. The zero-order chi connectivity index (χ0) is 26.2. The van der Waals surface area contributed by atoms with E-state index in [0.29, 0.717) is 22.5 Å². The molecule has 9 nitrogen and oxygen atoms in total. The summed E-state index contributed by atoms with van der Waals surface area (Å²) in [6, 6.07) is 5.11. The maximum absolute atomic E-state index is 13.5. The van der Waals surface area contributed by atoms with Crippen LogP contribution in [0.1, 0.15) is 51.5 Å². The maximum atomic E-state index is 13.5. The Kier molecular flexibility index (Phi) is 6.24. The van der Waals surface area contributed by atoms with E-state index < -0.39 is 29.4 Å². The van der Waals surface area contributed by atoms with Crippen molar-refractivity contribution in [1.82, 2.24) is 30.3 Å². The smallest absolute Gasteiger partial charge is 0.350 e. The van der Waals surface area contributed by atoms with Gasteiger partial charge in [-0.05, 0) is 38.5 Å². The number of carbonyl (C=O) groups is 2. The van der Waals surface area contributed by atoms with Crippen molar-refractivity contribution in [3.8, 4) is 18.2 Å². The van der Waals surface area contributed by atoms with Gasteiger partial charge in [0.25, 0.3) is 11.8 Å². The first-order chi connectivity index (χ1) is 17.0. The van der Waals surface area contributed by atoms with Crippen molar-refractivity contribution in [2.45, 2.75) is 33.0 Å². The third-order valence-corrected chi connectivity index (χ3v) is 5.19. The molecule has 0 atom stereocenters. The SMILES string of the molecule is C#Cc1cc2cn[nH]c2c(C(=O)NC(C)C)c1NC(=O)c1cc(C(F)(F)F)nn1-c1ncccc1C. The summed E-state index contributed by atoms with van der Waals surface area (Å²) in [7, 11) is 0. The Bertz CT molecular complexity index is 1530. The fourth-order valence-corrected chi connectivity index (χ4v) is 3.62. The Hall–Kier alpha value is -4.66. The molecule has 0 saturated carbocycles. The van der Waals surface area contributed by atoms with E-state index in [-0.39, 0.29) is 28.7 Å². The molecule has 1 aromatic carbocycles. The van der Waals surface area contributed by atoms with Crippen molar-refractivity contribution in [3.63, 3.8) is 0 Å². The lowest BCUT2D eigenvalue weighted by Crippen LogP contribution is -2.31. The minimum atomic E-state index is -4.82. The van der Waals surface area contributed by atoms with Crippen LogP contribution in [0.5, 0.6) is 0 Å². The number of fused-ring (bicyclic) bond motifs is 1. The number of pyridine rings is 1. The van der Waals surface area contributed by atoms with Gasteiger partial charge in [-0.15, -0.1) is 6.42 Å². The van der Waals surface area contributed by atoms with E-state index in [1.54, 1.807) is 32.9 Å². The van der Waals surface area contributed by atoms with Gasteiger partial charge in [0.05, 0.1) is 23.0 Å². The lowest BCUT2D eigenvalue weighted by molar-refractivity contribution is -0.141. The van der Waals surface area contributed by atoms with Crippen molar-refractivity contribution in [2.75, 3.05) is 5.32 Å². The molecule has 3 heterocycles. The lowest BCUT2D eigenvalue weighted by Gasteiger charge is -2.16. The molecule has 0 fully saturated rings. The number of nitrogens with one attached hydrogen (secondary N) is 3. The van der Waals surface area contributed by atoms with Crippen LogP contribution >= 0.6 is 0 Å². The van der Waals surface area contributed by atoms with Gasteiger partial charge in [0.15, 0.2) is 11.5 Å². The summed E-state index contributed by atoms with van der Waals surface area (Å²) in [5.74, 6) is 0.922. The second-order valence-electron chi connectivity index (χ2n) is 8.20. The predicted molar refractivity (Wildman–Crippen MR) is 126 cm³/mol. The highest BCUT2D eigenvalue weighted by molar-refractivity contribution is 6.15. The number of benzene rings is 1. The zero-order valence-corrected chi connectivity index (χ0v) is 19.4. The molecular weight excluding hydrogens is 475 g/mol. The van der Waals surface area contributed by atoms with Gasteiger partial charge in [0, 0.05) is 29.3 Å². The average molecular weight is 495 g/mol. The lowest BCUT2D eigenvalue weighted by atomic mass is 10.0. The molecule has 0 unspecified atom stereocenters. The van der Waals surface area contributed by atoms with Gasteiger partial charge in [-0.2, -0.15) is 23.4 Å². The van der Waals surface area contributed by atoms with Crippen LogP contribution in [0.3, 0.4) is 0 Å². The first-order valence-electron chi connectivity index (χ1n) is 10.7. The van der Waals surface area contributed by atoms with Gasteiger partial charge >= 0.3 is 6.18 Å². The maximum Gasteiger partial charge on any atom is 0.435 e. The van der Waals surface area contributed by atoms with Crippen LogP contribution in [0.25, 0.3) is 16.7 Å². The van der Waals surface area contributed by atoms with Crippen LogP contribution in [-0.4, -0.2) is 42.8 Å². The van der Waals surface area contributed by atoms with Gasteiger partial charge < -0.3 is 10.6 Å². The van der Waals surface area contributed by atoms with Gasteiger partial charge in [-0.3, -0.25) is 14.7 Å². The van der Waals surface area contributed by atoms with Gasteiger partial charge in [0.2, 0.25) is 0 Å². The number of aromatic nitrogens is 5. The second-order valence-corrected chi connectivity index (χ2v) is 8.20. The number of amides is 2. The molecule has 0 aliphatic carbocycles. The monoisotopic (exact) mass is 495 g/mol. The molecule has 3 aromatic heterocycles. The van der Waals surface area contributed by atoms with E-state index in [2.05, 4.69) is 36.8 Å². The van der Waals surface area contributed by atoms with Gasteiger partial charge in [0.1, 0.15) is 5.69 Å². The fraction of sp³-hybridized carbons (Fsp3) is 0.208. The van der Waals surface area contributed by atoms with Crippen molar-refractivity contribution in [1.29, 1.82) is 0 Å². The topological polar surface area (TPSA) is 118 Å². The van der Waals surface area contributed by atoms with Crippen molar-refractivity contribution in [2.24, 2.45) is 0 Å². The first kappa shape index (κ1) is 24.5. The summed E-state index contributed by atoms with van der Waals surface area (Å²) in [5.41, 5.74) is -0.866. The quantitative estimate of drug-likeness (QED) is 0.364. The first-order valence-corrected chi connectivity index (χ1v) is 10.7. The molecule has 0 aliphatic heterocycles. The number of aromatic amines is 1. The van der Waals surface area contributed by atoms with Crippen LogP contribution in [0.2, 0.25) is 0 Å². The summed E-state index contributed by atoms with van der Waals surface area (Å²) in [6.07, 6.45) is 3.67. The number of H-pyrrole nitrogens is 1. The standard InChI is InChI=1S/C24H20F3N7O2/c1-5-14-9-15-11-29-32-20(15)18(23(36)30-12(2)3)19(14)31-22(35)16-10-17(24(25,26)27)33-34(16)21-13(4)7-6-8-28-21/h1,6-12H,2-4H3,(H,29,32)(H,30,36)(H,31,35). The number of alkyl halides is 3. The highest BCUT2D eigenvalue weighted by Crippen LogP contribution is 2.32. The minimum absolute atomic E-state index is 0.00359. The number of terminal acetylenes is 1. The molecule has 2 amide bonds. The summed E-state index contributed by atoms with van der Waals surface area (Å²) in [5, 5.41) is 16.0. The van der Waals surface area contributed by atoms with Crippen molar-refractivity contribution in [3.05, 3.63) is 64.7 Å². The number of halogens is 3. The number of nitrogens with zero attached hydrogens (tertiary/aromatic N) is 4. The van der Waals surface area contributed by atoms with Crippen LogP contribution in [0.4, 0.5) is 18.9 Å². The molecule has 4 aromatic rings. The van der Waals surface area contributed by atoms with Crippen LogP contribution in [0, 0.1) is 19.3 Å². The molecule has 0 aliphatic rings. The summed E-state index contributed by atoms with van der Waals surface area (Å²) >= 11 is 0. The van der Waals surface area contributed by atoms with E-state index >= 15 is 0 Å². The molecule has 3 N–H and O–H groups in total. The van der Waals surface area contributed by atoms with E-state index in [9.17, 15) is 22.8 Å². The molecule has 0 saturated heterocycles. The molecule has 36 heavy (non-hydrogen) atoms. The number of rotatable bonds is 5. The number of hydrogen-bond donors (Lipinski definition) is 3.